The van der Waals surface area contributed by atoms with Crippen LogP contribution < -0.4 is 5.32 Å². The number of aryl methyl sites for hydroxylation is 1. The SMILES string of the molecule is Cc1cc(Cl)ccc1CNC1(C)CCC1. The lowest BCUT2D eigenvalue weighted by Crippen LogP contribution is -2.47. The molecule has 15 heavy (non-hydrogen) atoms. The molecule has 0 unspecified atom stereocenters. The molecule has 0 heterocycles. The van der Waals surface area contributed by atoms with Gasteiger partial charge in [0.05, 0.1) is 0 Å². The minimum absolute atomic E-state index is 0.381. The predicted octanol–water partition coefficient (Wildman–Crippen LogP) is 3.68. The molecular formula is C13H18ClN. The fraction of sp³-hybridized carbons (Fsp3) is 0.538. The van der Waals surface area contributed by atoms with Gasteiger partial charge in [0.2, 0.25) is 0 Å². The van der Waals surface area contributed by atoms with Crippen molar-refractivity contribution in [2.45, 2.75) is 45.2 Å². The first-order valence-corrected chi connectivity index (χ1v) is 5.97. The van der Waals surface area contributed by atoms with Gasteiger partial charge in [-0.3, -0.25) is 0 Å². The lowest BCUT2D eigenvalue weighted by atomic mass is 9.78. The molecule has 0 bridgehead atoms. The van der Waals surface area contributed by atoms with Gasteiger partial charge < -0.3 is 5.32 Å². The third kappa shape index (κ3) is 2.53. The van der Waals surface area contributed by atoms with Crippen LogP contribution in [-0.2, 0) is 6.54 Å². The van der Waals surface area contributed by atoms with Gasteiger partial charge in [-0.1, -0.05) is 17.7 Å². The Morgan fingerprint density at radius 3 is 2.67 bits per heavy atom. The minimum Gasteiger partial charge on any atom is -0.307 e. The first-order chi connectivity index (χ1) is 7.09. The van der Waals surface area contributed by atoms with Crippen molar-refractivity contribution in [1.82, 2.24) is 5.32 Å². The van der Waals surface area contributed by atoms with Crippen LogP contribution in [0.5, 0.6) is 0 Å². The zero-order chi connectivity index (χ0) is 10.9. The number of nitrogens with one attached hydrogen (secondary N) is 1. The minimum atomic E-state index is 0.381. The Balaban J connectivity index is 1.98. The lowest BCUT2D eigenvalue weighted by Gasteiger charge is -2.39. The molecular weight excluding hydrogens is 206 g/mol. The van der Waals surface area contributed by atoms with Crippen molar-refractivity contribution in [1.29, 1.82) is 0 Å². The van der Waals surface area contributed by atoms with Gasteiger partial charge in [-0.05, 0) is 56.4 Å². The van der Waals surface area contributed by atoms with Gasteiger partial charge in [-0.15, -0.1) is 0 Å². The normalized spacial score (nSPS) is 18.6. The second kappa shape index (κ2) is 4.15. The maximum absolute atomic E-state index is 5.93. The Morgan fingerprint density at radius 1 is 1.40 bits per heavy atom. The summed E-state index contributed by atoms with van der Waals surface area (Å²) in [6.07, 6.45) is 3.97. The van der Waals surface area contributed by atoms with Crippen LogP contribution in [0, 0.1) is 6.92 Å². The van der Waals surface area contributed by atoms with Crippen LogP contribution in [0.15, 0.2) is 18.2 Å². The van der Waals surface area contributed by atoms with Gasteiger partial charge in [-0.25, -0.2) is 0 Å². The summed E-state index contributed by atoms with van der Waals surface area (Å²) in [4.78, 5) is 0. The molecule has 2 heteroatoms. The van der Waals surface area contributed by atoms with Crippen LogP contribution in [-0.4, -0.2) is 5.54 Å². The number of rotatable bonds is 3. The fourth-order valence-corrected chi connectivity index (χ4v) is 2.28. The standard InChI is InChI=1S/C13H18ClN/c1-10-8-12(14)5-4-11(10)9-15-13(2)6-3-7-13/h4-5,8,15H,3,6-7,9H2,1-2H3. The number of halogens is 1. The zero-order valence-electron chi connectivity index (χ0n) is 9.44. The van der Waals surface area contributed by atoms with Crippen molar-refractivity contribution in [3.63, 3.8) is 0 Å². The summed E-state index contributed by atoms with van der Waals surface area (Å²) in [6, 6.07) is 6.11. The summed E-state index contributed by atoms with van der Waals surface area (Å²) in [6.45, 7) is 5.38. The molecule has 0 spiro atoms. The summed E-state index contributed by atoms with van der Waals surface area (Å²) in [5.41, 5.74) is 3.01. The third-order valence-electron chi connectivity index (χ3n) is 3.47. The topological polar surface area (TPSA) is 12.0 Å². The van der Waals surface area contributed by atoms with E-state index in [1.807, 2.05) is 12.1 Å². The molecule has 1 aromatic rings. The predicted molar refractivity (Wildman–Crippen MR) is 65.3 cm³/mol. The Kier molecular flexibility index (Phi) is 3.03. The Morgan fingerprint density at radius 2 is 2.13 bits per heavy atom. The summed E-state index contributed by atoms with van der Waals surface area (Å²) in [7, 11) is 0. The highest BCUT2D eigenvalue weighted by Gasteiger charge is 2.30. The molecule has 1 nitrogen and oxygen atoms in total. The van der Waals surface area contributed by atoms with E-state index in [1.165, 1.54) is 30.4 Å². The average molecular weight is 224 g/mol. The van der Waals surface area contributed by atoms with E-state index >= 15 is 0 Å². The van der Waals surface area contributed by atoms with Crippen LogP contribution in [0.3, 0.4) is 0 Å². The highest BCUT2D eigenvalue weighted by atomic mass is 35.5. The van der Waals surface area contributed by atoms with Crippen molar-refractivity contribution < 1.29 is 0 Å². The molecule has 0 aromatic heterocycles. The van der Waals surface area contributed by atoms with Crippen LogP contribution in [0.2, 0.25) is 5.02 Å². The molecule has 0 aliphatic heterocycles. The number of benzene rings is 1. The fourth-order valence-electron chi connectivity index (χ4n) is 2.05. The van der Waals surface area contributed by atoms with Crippen molar-refractivity contribution in [3.05, 3.63) is 34.3 Å². The van der Waals surface area contributed by atoms with Crippen LogP contribution in [0.4, 0.5) is 0 Å². The van der Waals surface area contributed by atoms with E-state index < -0.39 is 0 Å². The van der Waals surface area contributed by atoms with E-state index in [9.17, 15) is 0 Å². The van der Waals surface area contributed by atoms with E-state index in [0.29, 0.717) is 5.54 Å². The molecule has 1 N–H and O–H groups in total. The van der Waals surface area contributed by atoms with Crippen LogP contribution in [0.1, 0.15) is 37.3 Å². The summed E-state index contributed by atoms with van der Waals surface area (Å²) < 4.78 is 0. The van der Waals surface area contributed by atoms with Gasteiger partial charge in [0.25, 0.3) is 0 Å². The van der Waals surface area contributed by atoms with E-state index in [-0.39, 0.29) is 0 Å². The molecule has 0 atom stereocenters. The lowest BCUT2D eigenvalue weighted by molar-refractivity contribution is 0.206. The molecule has 0 radical (unpaired) electrons. The summed E-state index contributed by atoms with van der Waals surface area (Å²) >= 11 is 5.93. The molecule has 1 fully saturated rings. The van der Waals surface area contributed by atoms with Gasteiger partial charge in [0, 0.05) is 17.1 Å². The highest BCUT2D eigenvalue weighted by molar-refractivity contribution is 6.30. The van der Waals surface area contributed by atoms with E-state index in [1.54, 1.807) is 0 Å². The second-order valence-electron chi connectivity index (χ2n) is 4.84. The van der Waals surface area contributed by atoms with Crippen LogP contribution in [0.25, 0.3) is 0 Å². The van der Waals surface area contributed by atoms with E-state index in [2.05, 4.69) is 25.2 Å². The molecule has 0 saturated heterocycles. The third-order valence-corrected chi connectivity index (χ3v) is 3.70. The van der Waals surface area contributed by atoms with Crippen molar-refractivity contribution in [2.24, 2.45) is 0 Å². The molecule has 2 rings (SSSR count). The van der Waals surface area contributed by atoms with Gasteiger partial charge in [0.1, 0.15) is 0 Å². The largest absolute Gasteiger partial charge is 0.307 e. The zero-order valence-corrected chi connectivity index (χ0v) is 10.2. The second-order valence-corrected chi connectivity index (χ2v) is 5.28. The number of hydrogen-bond acceptors (Lipinski definition) is 1. The highest BCUT2D eigenvalue weighted by Crippen LogP contribution is 2.31. The van der Waals surface area contributed by atoms with Gasteiger partial charge >= 0.3 is 0 Å². The molecule has 1 aliphatic rings. The molecule has 1 aromatic carbocycles. The van der Waals surface area contributed by atoms with E-state index in [0.717, 1.165) is 11.6 Å². The smallest absolute Gasteiger partial charge is 0.0408 e. The first kappa shape index (κ1) is 11.0. The van der Waals surface area contributed by atoms with Gasteiger partial charge in [0.15, 0.2) is 0 Å². The van der Waals surface area contributed by atoms with E-state index in [4.69, 9.17) is 11.6 Å². The Bertz CT molecular complexity index is 356. The van der Waals surface area contributed by atoms with Crippen molar-refractivity contribution in [2.75, 3.05) is 0 Å². The molecule has 1 aliphatic carbocycles. The van der Waals surface area contributed by atoms with Crippen molar-refractivity contribution >= 4 is 11.6 Å². The number of hydrogen-bond donors (Lipinski definition) is 1. The van der Waals surface area contributed by atoms with Crippen molar-refractivity contribution in [3.8, 4) is 0 Å². The molecule has 82 valence electrons. The first-order valence-electron chi connectivity index (χ1n) is 5.59. The quantitative estimate of drug-likeness (QED) is 0.825. The Hall–Kier alpha value is -0.530. The maximum atomic E-state index is 5.93. The Labute approximate surface area is 96.8 Å². The average Bonchev–Trinajstić information content (AvgIpc) is 2.14. The summed E-state index contributed by atoms with van der Waals surface area (Å²) in [5.74, 6) is 0. The maximum Gasteiger partial charge on any atom is 0.0408 e. The molecule has 0 amide bonds. The molecule has 1 saturated carbocycles. The monoisotopic (exact) mass is 223 g/mol. The van der Waals surface area contributed by atoms with Crippen LogP contribution >= 0.6 is 11.6 Å². The van der Waals surface area contributed by atoms with Gasteiger partial charge in [-0.2, -0.15) is 0 Å². The summed E-state index contributed by atoms with van der Waals surface area (Å²) in [5, 5.41) is 4.45.